The standard InChI is InChI=1S/C20H29N3O4S/c1-3-23-15(17(24)21-9-5-12-27-2)14-20(19(23)26)7-10-22(11-8-20)18(25)16-6-4-13-28-16/h4,6,13,15H,3,5,7-12,14H2,1-2H3,(H,21,24). The second-order valence-electron chi connectivity index (χ2n) is 7.50. The first-order chi connectivity index (χ1) is 13.5. The molecule has 2 saturated heterocycles. The first kappa shape index (κ1) is 20.8. The van der Waals surface area contributed by atoms with Crippen LogP contribution in [0.2, 0.25) is 0 Å². The Hall–Kier alpha value is -1.93. The molecular formula is C20H29N3O4S. The fraction of sp³-hybridized carbons (Fsp3) is 0.650. The lowest BCUT2D eigenvalue weighted by Gasteiger charge is -2.37. The molecule has 1 N–H and O–H groups in total. The van der Waals surface area contributed by atoms with Crippen LogP contribution in [0.4, 0.5) is 0 Å². The second kappa shape index (κ2) is 9.05. The number of rotatable bonds is 7. The molecule has 2 aliphatic heterocycles. The molecule has 0 aliphatic carbocycles. The van der Waals surface area contributed by atoms with Gasteiger partial charge in [0.25, 0.3) is 5.91 Å². The fourth-order valence-corrected chi connectivity index (χ4v) is 4.96. The Morgan fingerprint density at radius 1 is 1.36 bits per heavy atom. The molecule has 1 unspecified atom stereocenters. The Kier molecular flexibility index (Phi) is 6.72. The van der Waals surface area contributed by atoms with E-state index in [-0.39, 0.29) is 17.7 Å². The summed E-state index contributed by atoms with van der Waals surface area (Å²) in [7, 11) is 1.63. The number of amides is 3. The van der Waals surface area contributed by atoms with Crippen molar-refractivity contribution in [2.75, 3.05) is 39.9 Å². The van der Waals surface area contributed by atoms with Crippen LogP contribution in [0.5, 0.6) is 0 Å². The lowest BCUT2D eigenvalue weighted by atomic mass is 9.76. The number of ether oxygens (including phenoxy) is 1. The van der Waals surface area contributed by atoms with Gasteiger partial charge in [0.1, 0.15) is 6.04 Å². The SMILES string of the molecule is CCN1C(=O)C2(CCN(C(=O)c3cccs3)CC2)CC1C(=O)NCCCOC. The van der Waals surface area contributed by atoms with E-state index in [4.69, 9.17) is 4.74 Å². The van der Waals surface area contributed by atoms with E-state index in [1.54, 1.807) is 12.0 Å². The molecule has 1 aromatic heterocycles. The van der Waals surface area contributed by atoms with Gasteiger partial charge in [0.05, 0.1) is 10.3 Å². The molecule has 2 aliphatic rings. The maximum atomic E-state index is 13.1. The quantitative estimate of drug-likeness (QED) is 0.699. The zero-order valence-electron chi connectivity index (χ0n) is 16.6. The minimum Gasteiger partial charge on any atom is -0.385 e. The molecule has 0 bridgehead atoms. The number of carbonyl (C=O) groups excluding carboxylic acids is 3. The molecule has 8 heteroatoms. The largest absolute Gasteiger partial charge is 0.385 e. The molecule has 1 aromatic rings. The average Bonchev–Trinajstić information content (AvgIpc) is 3.33. The van der Waals surface area contributed by atoms with E-state index in [0.29, 0.717) is 52.0 Å². The summed E-state index contributed by atoms with van der Waals surface area (Å²) >= 11 is 1.44. The van der Waals surface area contributed by atoms with Crippen molar-refractivity contribution in [3.63, 3.8) is 0 Å². The summed E-state index contributed by atoms with van der Waals surface area (Å²) in [5.74, 6) is 0.0191. The lowest BCUT2D eigenvalue weighted by Crippen LogP contribution is -2.47. The van der Waals surface area contributed by atoms with Gasteiger partial charge in [-0.1, -0.05) is 6.07 Å². The number of hydrogen-bond acceptors (Lipinski definition) is 5. The molecular weight excluding hydrogens is 378 g/mol. The van der Waals surface area contributed by atoms with Crippen molar-refractivity contribution in [1.29, 1.82) is 0 Å². The molecule has 1 atom stereocenters. The van der Waals surface area contributed by atoms with Gasteiger partial charge in [-0.15, -0.1) is 11.3 Å². The van der Waals surface area contributed by atoms with Crippen molar-refractivity contribution >= 4 is 29.1 Å². The predicted octanol–water partition coefficient (Wildman–Crippen LogP) is 1.74. The number of thiophene rings is 1. The minimum absolute atomic E-state index is 0.0371. The van der Waals surface area contributed by atoms with Gasteiger partial charge in [0.2, 0.25) is 11.8 Å². The first-order valence-corrected chi connectivity index (χ1v) is 10.8. The number of hydrogen-bond donors (Lipinski definition) is 1. The molecule has 0 aromatic carbocycles. The van der Waals surface area contributed by atoms with Gasteiger partial charge in [0, 0.05) is 39.9 Å². The predicted molar refractivity (Wildman–Crippen MR) is 107 cm³/mol. The van der Waals surface area contributed by atoms with Gasteiger partial charge < -0.3 is 19.9 Å². The Labute approximate surface area is 170 Å². The van der Waals surface area contributed by atoms with Crippen molar-refractivity contribution in [1.82, 2.24) is 15.1 Å². The average molecular weight is 408 g/mol. The van der Waals surface area contributed by atoms with Crippen LogP contribution in [0, 0.1) is 5.41 Å². The summed E-state index contributed by atoms with van der Waals surface area (Å²) in [6.07, 6.45) is 2.52. The normalized spacial score (nSPS) is 21.4. The molecule has 7 nitrogen and oxygen atoms in total. The lowest BCUT2D eigenvalue weighted by molar-refractivity contribution is -0.140. The third-order valence-corrected chi connectivity index (χ3v) is 6.74. The van der Waals surface area contributed by atoms with Gasteiger partial charge in [-0.2, -0.15) is 0 Å². The van der Waals surface area contributed by atoms with E-state index in [9.17, 15) is 14.4 Å². The first-order valence-electron chi connectivity index (χ1n) is 9.93. The number of nitrogens with zero attached hydrogens (tertiary/aromatic N) is 2. The maximum Gasteiger partial charge on any atom is 0.263 e. The number of likely N-dealkylation sites (N-methyl/N-ethyl adjacent to an activating group) is 1. The molecule has 0 saturated carbocycles. The maximum absolute atomic E-state index is 13.1. The summed E-state index contributed by atoms with van der Waals surface area (Å²) in [5.41, 5.74) is -0.517. The second-order valence-corrected chi connectivity index (χ2v) is 8.45. The van der Waals surface area contributed by atoms with E-state index >= 15 is 0 Å². The minimum atomic E-state index is -0.517. The van der Waals surface area contributed by atoms with Gasteiger partial charge in [-0.3, -0.25) is 14.4 Å². The van der Waals surface area contributed by atoms with Crippen molar-refractivity contribution in [3.8, 4) is 0 Å². The zero-order chi connectivity index (χ0) is 20.1. The summed E-state index contributed by atoms with van der Waals surface area (Å²) < 4.78 is 5.01. The molecule has 154 valence electrons. The Morgan fingerprint density at radius 2 is 2.11 bits per heavy atom. The Morgan fingerprint density at radius 3 is 2.71 bits per heavy atom. The van der Waals surface area contributed by atoms with Crippen LogP contribution in [-0.4, -0.2) is 73.5 Å². The van der Waals surface area contributed by atoms with Crippen LogP contribution in [-0.2, 0) is 14.3 Å². The summed E-state index contributed by atoms with van der Waals surface area (Å²) in [6, 6.07) is 3.29. The van der Waals surface area contributed by atoms with E-state index in [1.807, 2.05) is 29.3 Å². The number of methoxy groups -OCH3 is 1. The molecule has 3 rings (SSSR count). The number of carbonyl (C=O) groups is 3. The van der Waals surface area contributed by atoms with E-state index in [0.717, 1.165) is 11.3 Å². The molecule has 3 heterocycles. The van der Waals surface area contributed by atoms with E-state index in [2.05, 4.69) is 5.32 Å². The topological polar surface area (TPSA) is 79.0 Å². The van der Waals surface area contributed by atoms with Crippen molar-refractivity contribution < 1.29 is 19.1 Å². The Bertz CT molecular complexity index is 698. The van der Waals surface area contributed by atoms with Crippen LogP contribution in [0.15, 0.2) is 17.5 Å². The summed E-state index contributed by atoms with van der Waals surface area (Å²) in [6.45, 7) is 4.70. The molecule has 1 spiro atoms. The Balaban J connectivity index is 1.62. The molecule has 0 radical (unpaired) electrons. The van der Waals surface area contributed by atoms with Crippen molar-refractivity contribution in [3.05, 3.63) is 22.4 Å². The third kappa shape index (κ3) is 4.07. The van der Waals surface area contributed by atoms with Crippen molar-refractivity contribution in [2.45, 2.75) is 38.6 Å². The highest BCUT2D eigenvalue weighted by atomic mass is 32.1. The molecule has 3 amide bonds. The number of likely N-dealkylation sites (tertiary alicyclic amines) is 2. The van der Waals surface area contributed by atoms with Crippen molar-refractivity contribution in [2.24, 2.45) is 5.41 Å². The van der Waals surface area contributed by atoms with Crippen LogP contribution < -0.4 is 5.32 Å². The monoisotopic (exact) mass is 407 g/mol. The van der Waals surface area contributed by atoms with Gasteiger partial charge in [0.15, 0.2) is 0 Å². The zero-order valence-corrected chi connectivity index (χ0v) is 17.4. The van der Waals surface area contributed by atoms with E-state index in [1.165, 1.54) is 11.3 Å². The third-order valence-electron chi connectivity index (χ3n) is 5.88. The molecule has 28 heavy (non-hydrogen) atoms. The highest BCUT2D eigenvalue weighted by molar-refractivity contribution is 7.12. The van der Waals surface area contributed by atoms with Crippen LogP contribution in [0.25, 0.3) is 0 Å². The number of nitrogens with one attached hydrogen (secondary N) is 1. The summed E-state index contributed by atoms with van der Waals surface area (Å²) in [4.78, 5) is 42.7. The van der Waals surface area contributed by atoms with E-state index < -0.39 is 11.5 Å². The summed E-state index contributed by atoms with van der Waals surface area (Å²) in [5, 5.41) is 4.83. The highest BCUT2D eigenvalue weighted by Gasteiger charge is 2.54. The van der Waals surface area contributed by atoms with Gasteiger partial charge in [-0.05, 0) is 44.1 Å². The smallest absolute Gasteiger partial charge is 0.263 e. The van der Waals surface area contributed by atoms with Crippen LogP contribution in [0.1, 0.15) is 42.3 Å². The number of piperidine rings is 1. The fourth-order valence-electron chi connectivity index (χ4n) is 4.27. The highest BCUT2D eigenvalue weighted by Crippen LogP contribution is 2.44. The van der Waals surface area contributed by atoms with Gasteiger partial charge in [-0.25, -0.2) is 0 Å². The van der Waals surface area contributed by atoms with Gasteiger partial charge >= 0.3 is 0 Å². The van der Waals surface area contributed by atoms with Crippen LogP contribution >= 0.6 is 11.3 Å². The molecule has 2 fully saturated rings. The van der Waals surface area contributed by atoms with Crippen LogP contribution in [0.3, 0.4) is 0 Å².